The largest absolute Gasteiger partial charge is 0.501 e. The molecule has 0 spiro atoms. The third-order valence-electron chi connectivity index (χ3n) is 4.34. The molecule has 144 valence electrons. The molecule has 0 aromatic rings. The normalized spacial score (nSPS) is 23.5. The van der Waals surface area contributed by atoms with E-state index in [1.165, 1.54) is 0 Å². The Balaban J connectivity index is 2.64. The van der Waals surface area contributed by atoms with Crippen LogP contribution in [-0.2, 0) is 22.8 Å². The average Bonchev–Trinajstić information content (AvgIpc) is 3.38. The van der Waals surface area contributed by atoms with Gasteiger partial charge in [-0.1, -0.05) is 20.8 Å². The molecule has 1 aliphatic rings. The van der Waals surface area contributed by atoms with Gasteiger partial charge in [0.25, 0.3) is 0 Å². The molecule has 1 heterocycles. The lowest BCUT2D eigenvalue weighted by Gasteiger charge is -2.36. The van der Waals surface area contributed by atoms with Gasteiger partial charge in [0.2, 0.25) is 0 Å². The minimum Gasteiger partial charge on any atom is -0.379 e. The van der Waals surface area contributed by atoms with Crippen molar-refractivity contribution < 1.29 is 22.8 Å². The van der Waals surface area contributed by atoms with E-state index in [-0.39, 0.29) is 18.3 Å². The summed E-state index contributed by atoms with van der Waals surface area (Å²) in [7, 11) is -2.72. The minimum atomic E-state index is -2.72. The molecule has 6 heteroatoms. The standard InChI is InChI=1S/C18H38O5Si/c1-7-15(4)21-24(22-16(5)8-2,23-17(6)9-3)12-10-11-19-13-18-14-20-18/h15-18H,7-14H2,1-6H3. The van der Waals surface area contributed by atoms with Crippen molar-refractivity contribution in [2.24, 2.45) is 0 Å². The molecule has 0 radical (unpaired) electrons. The summed E-state index contributed by atoms with van der Waals surface area (Å²) in [6.07, 6.45) is 4.51. The summed E-state index contributed by atoms with van der Waals surface area (Å²) < 4.78 is 30.0. The van der Waals surface area contributed by atoms with Gasteiger partial charge in [-0.25, -0.2) is 0 Å². The van der Waals surface area contributed by atoms with E-state index in [0.29, 0.717) is 19.3 Å². The van der Waals surface area contributed by atoms with E-state index in [2.05, 4.69) is 41.5 Å². The Labute approximate surface area is 149 Å². The summed E-state index contributed by atoms with van der Waals surface area (Å²) in [4.78, 5) is 0. The molecule has 0 bridgehead atoms. The monoisotopic (exact) mass is 362 g/mol. The van der Waals surface area contributed by atoms with Crippen molar-refractivity contribution in [3.05, 3.63) is 0 Å². The SMILES string of the molecule is CCC(C)O[Si](CCCOCC1CO1)(OC(C)CC)OC(C)CC. The summed E-state index contributed by atoms with van der Waals surface area (Å²) in [5.41, 5.74) is 0. The maximum absolute atomic E-state index is 6.39. The lowest BCUT2D eigenvalue weighted by atomic mass is 10.3. The van der Waals surface area contributed by atoms with Crippen LogP contribution in [0.15, 0.2) is 0 Å². The zero-order valence-corrected chi connectivity index (χ0v) is 17.5. The van der Waals surface area contributed by atoms with Crippen molar-refractivity contribution in [2.45, 2.75) is 97.7 Å². The van der Waals surface area contributed by atoms with Gasteiger partial charge in [-0.05, 0) is 46.5 Å². The molecule has 4 atom stereocenters. The second-order valence-corrected chi connectivity index (χ2v) is 9.40. The maximum Gasteiger partial charge on any atom is 0.501 e. The molecule has 0 amide bonds. The number of epoxide rings is 1. The van der Waals surface area contributed by atoms with Crippen LogP contribution in [0.5, 0.6) is 0 Å². The Morgan fingerprint density at radius 1 is 0.917 bits per heavy atom. The first kappa shape index (κ1) is 22.1. The Hall–Kier alpha value is 0.0169. The summed E-state index contributed by atoms with van der Waals surface area (Å²) >= 11 is 0. The predicted molar refractivity (Wildman–Crippen MR) is 98.3 cm³/mol. The van der Waals surface area contributed by atoms with Crippen LogP contribution in [0.3, 0.4) is 0 Å². The van der Waals surface area contributed by atoms with Gasteiger partial charge in [-0.3, -0.25) is 0 Å². The fourth-order valence-corrected chi connectivity index (χ4v) is 5.64. The maximum atomic E-state index is 6.39. The molecular weight excluding hydrogens is 324 g/mol. The first-order valence-corrected chi connectivity index (χ1v) is 11.6. The quantitative estimate of drug-likeness (QED) is 0.248. The van der Waals surface area contributed by atoms with Crippen molar-refractivity contribution in [3.8, 4) is 0 Å². The number of ether oxygens (including phenoxy) is 2. The van der Waals surface area contributed by atoms with Crippen LogP contribution in [-0.4, -0.2) is 53.0 Å². The molecule has 1 saturated heterocycles. The Kier molecular flexibility index (Phi) is 10.7. The van der Waals surface area contributed by atoms with E-state index >= 15 is 0 Å². The lowest BCUT2D eigenvalue weighted by molar-refractivity contribution is -0.0126. The molecule has 24 heavy (non-hydrogen) atoms. The second kappa shape index (κ2) is 11.6. The highest BCUT2D eigenvalue weighted by atomic mass is 28.4. The number of rotatable bonds is 15. The molecule has 1 aliphatic heterocycles. The van der Waals surface area contributed by atoms with Crippen LogP contribution in [0.2, 0.25) is 6.04 Å². The van der Waals surface area contributed by atoms with E-state index in [1.807, 2.05) is 0 Å². The van der Waals surface area contributed by atoms with E-state index in [4.69, 9.17) is 22.8 Å². The zero-order valence-electron chi connectivity index (χ0n) is 16.5. The van der Waals surface area contributed by atoms with Crippen molar-refractivity contribution >= 4 is 8.80 Å². The van der Waals surface area contributed by atoms with Crippen LogP contribution in [0.1, 0.15) is 67.2 Å². The lowest BCUT2D eigenvalue weighted by Crippen LogP contribution is -2.51. The zero-order chi connectivity index (χ0) is 18.0. The highest BCUT2D eigenvalue weighted by molar-refractivity contribution is 6.60. The molecule has 5 nitrogen and oxygen atoms in total. The summed E-state index contributed by atoms with van der Waals surface area (Å²) in [5.74, 6) is 0. The van der Waals surface area contributed by atoms with E-state index in [9.17, 15) is 0 Å². The van der Waals surface area contributed by atoms with Gasteiger partial charge in [0.15, 0.2) is 0 Å². The van der Waals surface area contributed by atoms with Gasteiger partial charge in [0, 0.05) is 31.0 Å². The molecule has 0 aromatic heterocycles. The van der Waals surface area contributed by atoms with E-state index in [1.54, 1.807) is 0 Å². The Morgan fingerprint density at radius 3 is 1.75 bits per heavy atom. The van der Waals surface area contributed by atoms with Gasteiger partial charge in [-0.2, -0.15) is 0 Å². The molecule has 0 saturated carbocycles. The molecule has 1 rings (SSSR count). The molecular formula is C18H38O5Si. The second-order valence-electron chi connectivity index (χ2n) is 6.83. The fraction of sp³-hybridized carbons (Fsp3) is 1.00. The average molecular weight is 363 g/mol. The molecule has 4 unspecified atom stereocenters. The molecule has 0 aromatic carbocycles. The van der Waals surface area contributed by atoms with Gasteiger partial charge < -0.3 is 22.8 Å². The first-order chi connectivity index (χ1) is 11.4. The Bertz CT molecular complexity index is 293. The fourth-order valence-electron chi connectivity index (χ4n) is 2.20. The van der Waals surface area contributed by atoms with Crippen LogP contribution >= 0.6 is 0 Å². The third-order valence-corrected chi connectivity index (χ3v) is 7.60. The number of hydrogen-bond acceptors (Lipinski definition) is 5. The predicted octanol–water partition coefficient (Wildman–Crippen LogP) is 4.18. The summed E-state index contributed by atoms with van der Waals surface area (Å²) in [6.45, 7) is 14.9. The van der Waals surface area contributed by atoms with Crippen LogP contribution in [0.4, 0.5) is 0 Å². The Morgan fingerprint density at radius 2 is 1.38 bits per heavy atom. The van der Waals surface area contributed by atoms with Gasteiger partial charge in [0.05, 0.1) is 13.2 Å². The topological polar surface area (TPSA) is 49.5 Å². The summed E-state index contributed by atoms with van der Waals surface area (Å²) in [6, 6.07) is 0.803. The molecule has 0 N–H and O–H groups in total. The van der Waals surface area contributed by atoms with Crippen LogP contribution in [0.25, 0.3) is 0 Å². The highest BCUT2D eigenvalue weighted by Gasteiger charge is 2.44. The summed E-state index contributed by atoms with van der Waals surface area (Å²) in [5, 5.41) is 0. The van der Waals surface area contributed by atoms with Crippen molar-refractivity contribution in [2.75, 3.05) is 19.8 Å². The van der Waals surface area contributed by atoms with Gasteiger partial charge >= 0.3 is 8.80 Å². The smallest absolute Gasteiger partial charge is 0.379 e. The molecule has 0 aliphatic carbocycles. The van der Waals surface area contributed by atoms with Crippen LogP contribution < -0.4 is 0 Å². The highest BCUT2D eigenvalue weighted by Crippen LogP contribution is 2.26. The van der Waals surface area contributed by atoms with E-state index < -0.39 is 8.80 Å². The van der Waals surface area contributed by atoms with Crippen molar-refractivity contribution in [1.82, 2.24) is 0 Å². The van der Waals surface area contributed by atoms with Crippen molar-refractivity contribution in [3.63, 3.8) is 0 Å². The number of hydrogen-bond donors (Lipinski definition) is 0. The minimum absolute atomic E-state index is 0.144. The van der Waals surface area contributed by atoms with Gasteiger partial charge in [-0.15, -0.1) is 0 Å². The van der Waals surface area contributed by atoms with Crippen molar-refractivity contribution in [1.29, 1.82) is 0 Å². The third kappa shape index (κ3) is 8.92. The first-order valence-electron chi connectivity index (χ1n) is 9.67. The van der Waals surface area contributed by atoms with Gasteiger partial charge in [0.1, 0.15) is 6.10 Å². The van der Waals surface area contributed by atoms with Crippen LogP contribution in [0, 0.1) is 0 Å². The van der Waals surface area contributed by atoms with E-state index in [0.717, 1.165) is 38.3 Å². The molecule has 1 fully saturated rings.